The van der Waals surface area contributed by atoms with E-state index in [1.54, 1.807) is 0 Å². The fraction of sp³-hybridized carbons (Fsp3) is 0.467. The topological polar surface area (TPSA) is 25.2 Å². The molecule has 0 saturated heterocycles. The second-order valence-corrected chi connectivity index (χ2v) is 5.25. The molecule has 1 heterocycles. The summed E-state index contributed by atoms with van der Waals surface area (Å²) >= 11 is 6.27. The minimum Gasteiger partial charge on any atom is -0.459 e. The lowest BCUT2D eigenvalue weighted by Crippen LogP contribution is -2.18. The molecule has 2 nitrogen and oxygen atoms in total. The SMILES string of the molecule is CCCNC(C)c1cc2c(C)c(Cl)c(C)cc2o1. The molecule has 0 amide bonds. The molecule has 0 aliphatic heterocycles. The molecular formula is C15H20ClNO. The summed E-state index contributed by atoms with van der Waals surface area (Å²) < 4.78 is 5.92. The van der Waals surface area contributed by atoms with Gasteiger partial charge in [0.25, 0.3) is 0 Å². The molecule has 0 radical (unpaired) electrons. The smallest absolute Gasteiger partial charge is 0.135 e. The first kappa shape index (κ1) is 13.4. The Morgan fingerprint density at radius 3 is 2.72 bits per heavy atom. The van der Waals surface area contributed by atoms with Crippen LogP contribution in [0.2, 0.25) is 5.02 Å². The van der Waals surface area contributed by atoms with Crippen molar-refractivity contribution in [3.63, 3.8) is 0 Å². The van der Waals surface area contributed by atoms with Crippen molar-refractivity contribution in [1.29, 1.82) is 0 Å². The van der Waals surface area contributed by atoms with Crippen molar-refractivity contribution in [3.05, 3.63) is 34.0 Å². The Hall–Kier alpha value is -0.990. The lowest BCUT2D eigenvalue weighted by Gasteiger charge is -2.09. The van der Waals surface area contributed by atoms with Gasteiger partial charge in [0, 0.05) is 10.4 Å². The minimum atomic E-state index is 0.232. The van der Waals surface area contributed by atoms with Gasteiger partial charge in [-0.15, -0.1) is 0 Å². The summed E-state index contributed by atoms with van der Waals surface area (Å²) in [7, 11) is 0. The van der Waals surface area contributed by atoms with Crippen LogP contribution in [0.5, 0.6) is 0 Å². The molecule has 18 heavy (non-hydrogen) atoms. The van der Waals surface area contributed by atoms with Crippen LogP contribution in [-0.4, -0.2) is 6.54 Å². The second-order valence-electron chi connectivity index (χ2n) is 4.87. The predicted molar refractivity (Wildman–Crippen MR) is 77.4 cm³/mol. The number of halogens is 1. The van der Waals surface area contributed by atoms with Gasteiger partial charge in [-0.05, 0) is 57.0 Å². The molecular weight excluding hydrogens is 246 g/mol. The summed E-state index contributed by atoms with van der Waals surface area (Å²) in [5, 5.41) is 5.38. The van der Waals surface area contributed by atoms with E-state index in [4.69, 9.17) is 16.0 Å². The van der Waals surface area contributed by atoms with Gasteiger partial charge in [0.1, 0.15) is 11.3 Å². The van der Waals surface area contributed by atoms with E-state index in [2.05, 4.69) is 25.2 Å². The van der Waals surface area contributed by atoms with E-state index in [-0.39, 0.29) is 6.04 Å². The first-order valence-corrected chi connectivity index (χ1v) is 6.85. The first-order valence-electron chi connectivity index (χ1n) is 6.47. The van der Waals surface area contributed by atoms with Crippen molar-refractivity contribution in [3.8, 4) is 0 Å². The van der Waals surface area contributed by atoms with Crippen LogP contribution in [0.1, 0.15) is 43.2 Å². The fourth-order valence-electron chi connectivity index (χ4n) is 2.17. The van der Waals surface area contributed by atoms with Gasteiger partial charge in [-0.25, -0.2) is 0 Å². The van der Waals surface area contributed by atoms with Gasteiger partial charge in [-0.2, -0.15) is 0 Å². The minimum absolute atomic E-state index is 0.232. The normalized spacial score (nSPS) is 13.2. The maximum atomic E-state index is 6.27. The van der Waals surface area contributed by atoms with Crippen LogP contribution in [0, 0.1) is 13.8 Å². The zero-order valence-electron chi connectivity index (χ0n) is 11.4. The summed E-state index contributed by atoms with van der Waals surface area (Å²) in [6.45, 7) is 9.33. The first-order chi connectivity index (χ1) is 8.54. The number of fused-ring (bicyclic) bond motifs is 1. The van der Waals surface area contributed by atoms with Gasteiger partial charge in [-0.3, -0.25) is 0 Å². The molecule has 3 heteroatoms. The summed E-state index contributed by atoms with van der Waals surface area (Å²) in [4.78, 5) is 0. The van der Waals surface area contributed by atoms with Gasteiger partial charge in [-0.1, -0.05) is 18.5 Å². The van der Waals surface area contributed by atoms with Crippen LogP contribution >= 0.6 is 11.6 Å². The van der Waals surface area contributed by atoms with Gasteiger partial charge in [0.2, 0.25) is 0 Å². The van der Waals surface area contributed by atoms with E-state index in [9.17, 15) is 0 Å². The predicted octanol–water partition coefficient (Wildman–Crippen LogP) is 4.76. The van der Waals surface area contributed by atoms with Crippen LogP contribution in [0.4, 0.5) is 0 Å². The molecule has 98 valence electrons. The number of aryl methyl sites for hydroxylation is 2. The molecule has 1 aromatic carbocycles. The molecule has 1 atom stereocenters. The third-order valence-corrected chi connectivity index (χ3v) is 3.92. The molecule has 1 aromatic heterocycles. The second kappa shape index (κ2) is 5.33. The Bertz CT molecular complexity index is 559. The maximum Gasteiger partial charge on any atom is 0.135 e. The number of hydrogen-bond donors (Lipinski definition) is 1. The number of benzene rings is 1. The number of hydrogen-bond acceptors (Lipinski definition) is 2. The fourth-order valence-corrected chi connectivity index (χ4v) is 2.33. The van der Waals surface area contributed by atoms with E-state index in [1.165, 1.54) is 0 Å². The standard InChI is InChI=1S/C15H20ClNO/c1-5-6-17-11(4)13-8-12-10(3)15(16)9(2)7-14(12)18-13/h7-8,11,17H,5-6H2,1-4H3. The van der Waals surface area contributed by atoms with E-state index in [1.807, 2.05) is 19.9 Å². The average molecular weight is 266 g/mol. The van der Waals surface area contributed by atoms with Gasteiger partial charge >= 0.3 is 0 Å². The van der Waals surface area contributed by atoms with Crippen molar-refractivity contribution in [1.82, 2.24) is 5.32 Å². The quantitative estimate of drug-likeness (QED) is 0.862. The highest BCUT2D eigenvalue weighted by Crippen LogP contribution is 2.32. The van der Waals surface area contributed by atoms with Crippen molar-refractivity contribution in [2.45, 2.75) is 40.2 Å². The highest BCUT2D eigenvalue weighted by molar-refractivity contribution is 6.33. The molecule has 0 aliphatic rings. The molecule has 0 bridgehead atoms. The third kappa shape index (κ3) is 2.40. The van der Waals surface area contributed by atoms with Gasteiger partial charge < -0.3 is 9.73 Å². The van der Waals surface area contributed by atoms with E-state index >= 15 is 0 Å². The molecule has 0 fully saturated rings. The summed E-state index contributed by atoms with van der Waals surface area (Å²) in [5.74, 6) is 0.975. The molecule has 0 saturated carbocycles. The Balaban J connectivity index is 2.41. The Labute approximate surface area is 113 Å². The van der Waals surface area contributed by atoms with Crippen LogP contribution in [0.15, 0.2) is 16.5 Å². The monoisotopic (exact) mass is 265 g/mol. The summed E-state index contributed by atoms with van der Waals surface area (Å²) in [6, 6.07) is 4.35. The molecule has 2 rings (SSSR count). The van der Waals surface area contributed by atoms with Crippen molar-refractivity contribution in [2.75, 3.05) is 6.54 Å². The van der Waals surface area contributed by atoms with Crippen molar-refractivity contribution in [2.24, 2.45) is 0 Å². The summed E-state index contributed by atoms with van der Waals surface area (Å²) in [6.07, 6.45) is 1.12. The zero-order chi connectivity index (χ0) is 13.3. The van der Waals surface area contributed by atoms with Gasteiger partial charge in [0.15, 0.2) is 0 Å². The highest BCUT2D eigenvalue weighted by Gasteiger charge is 2.14. The maximum absolute atomic E-state index is 6.27. The third-order valence-electron chi connectivity index (χ3n) is 3.33. The Kier molecular flexibility index (Phi) is 3.98. The van der Waals surface area contributed by atoms with Crippen LogP contribution in [-0.2, 0) is 0 Å². The number of nitrogens with one attached hydrogen (secondary N) is 1. The number of furan rings is 1. The zero-order valence-corrected chi connectivity index (χ0v) is 12.2. The van der Waals surface area contributed by atoms with Crippen LogP contribution in [0.3, 0.4) is 0 Å². The lowest BCUT2D eigenvalue weighted by molar-refractivity contribution is 0.452. The van der Waals surface area contributed by atoms with Crippen LogP contribution < -0.4 is 5.32 Å². The van der Waals surface area contributed by atoms with Crippen LogP contribution in [0.25, 0.3) is 11.0 Å². The molecule has 0 aliphatic carbocycles. The Morgan fingerprint density at radius 1 is 1.33 bits per heavy atom. The Morgan fingerprint density at radius 2 is 2.06 bits per heavy atom. The molecule has 1 N–H and O–H groups in total. The average Bonchev–Trinajstić information content (AvgIpc) is 2.77. The molecule has 0 spiro atoms. The van der Waals surface area contributed by atoms with Crippen molar-refractivity contribution >= 4 is 22.6 Å². The largest absolute Gasteiger partial charge is 0.459 e. The highest BCUT2D eigenvalue weighted by atomic mass is 35.5. The van der Waals surface area contributed by atoms with E-state index in [0.29, 0.717) is 0 Å². The van der Waals surface area contributed by atoms with Crippen molar-refractivity contribution < 1.29 is 4.42 Å². The van der Waals surface area contributed by atoms with E-state index in [0.717, 1.165) is 45.8 Å². The lowest BCUT2D eigenvalue weighted by atomic mass is 10.1. The molecule has 2 aromatic rings. The number of rotatable bonds is 4. The van der Waals surface area contributed by atoms with Gasteiger partial charge in [0.05, 0.1) is 6.04 Å². The van der Waals surface area contributed by atoms with E-state index < -0.39 is 0 Å². The molecule has 1 unspecified atom stereocenters. The summed E-state index contributed by atoms with van der Waals surface area (Å²) in [5.41, 5.74) is 3.09.